The summed E-state index contributed by atoms with van der Waals surface area (Å²) in [6, 6.07) is 5.41. The fraction of sp³-hybridized carbons (Fsp3) is 0.467. The highest BCUT2D eigenvalue weighted by Gasteiger charge is 2.16. The number of fused-ring (bicyclic) bond motifs is 1. The van der Waals surface area contributed by atoms with Gasteiger partial charge in [-0.15, -0.1) is 0 Å². The molecule has 0 bridgehead atoms. The van der Waals surface area contributed by atoms with Gasteiger partial charge in [-0.05, 0) is 18.2 Å². The number of halogens is 1. The molecule has 6 nitrogen and oxygen atoms in total. The van der Waals surface area contributed by atoms with Crippen molar-refractivity contribution in [2.45, 2.75) is 12.6 Å². The summed E-state index contributed by atoms with van der Waals surface area (Å²) in [6.07, 6.45) is 0.892. The first-order chi connectivity index (χ1) is 10.6. The predicted molar refractivity (Wildman–Crippen MR) is 87.0 cm³/mol. The van der Waals surface area contributed by atoms with Gasteiger partial charge in [0, 0.05) is 24.1 Å². The summed E-state index contributed by atoms with van der Waals surface area (Å²) >= 11 is 3.36. The van der Waals surface area contributed by atoms with E-state index in [-0.39, 0.29) is 12.1 Å². The maximum absolute atomic E-state index is 12.5. The van der Waals surface area contributed by atoms with Crippen molar-refractivity contribution < 1.29 is 9.84 Å². The average molecular weight is 368 g/mol. The Bertz CT molecular complexity index is 713. The normalized spacial score (nSPS) is 17.7. The van der Waals surface area contributed by atoms with Crippen LogP contribution in [0.5, 0.6) is 0 Å². The summed E-state index contributed by atoms with van der Waals surface area (Å²) in [7, 11) is 0. The van der Waals surface area contributed by atoms with Crippen molar-refractivity contribution in [1.82, 2.24) is 14.5 Å². The van der Waals surface area contributed by atoms with Gasteiger partial charge in [0.1, 0.15) is 0 Å². The Kier molecular flexibility index (Phi) is 4.87. The molecule has 1 saturated heterocycles. The molecule has 1 N–H and O–H groups in total. The maximum atomic E-state index is 12.5. The Morgan fingerprint density at radius 1 is 1.32 bits per heavy atom. The second kappa shape index (κ2) is 6.87. The number of benzene rings is 1. The van der Waals surface area contributed by atoms with E-state index in [9.17, 15) is 9.90 Å². The summed E-state index contributed by atoms with van der Waals surface area (Å²) < 4.78 is 7.60. The molecule has 1 aliphatic heterocycles. The second-order valence-electron chi connectivity index (χ2n) is 5.43. The van der Waals surface area contributed by atoms with E-state index in [0.29, 0.717) is 30.7 Å². The van der Waals surface area contributed by atoms with Crippen molar-refractivity contribution in [1.29, 1.82) is 0 Å². The Morgan fingerprint density at radius 3 is 2.86 bits per heavy atom. The zero-order valence-electron chi connectivity index (χ0n) is 12.1. The molecule has 0 saturated carbocycles. The number of aliphatic hydroxyl groups is 1. The monoisotopic (exact) mass is 367 g/mol. The smallest absolute Gasteiger partial charge is 0.261 e. The fourth-order valence-electron chi connectivity index (χ4n) is 2.63. The first-order valence-corrected chi connectivity index (χ1v) is 8.05. The van der Waals surface area contributed by atoms with Crippen molar-refractivity contribution in [2.24, 2.45) is 0 Å². The molecule has 7 heteroatoms. The van der Waals surface area contributed by atoms with E-state index < -0.39 is 6.10 Å². The third-order valence-corrected chi connectivity index (χ3v) is 4.26. The number of ether oxygens (including phenoxy) is 1. The molecule has 1 aromatic carbocycles. The van der Waals surface area contributed by atoms with Crippen molar-refractivity contribution in [3.05, 3.63) is 39.4 Å². The number of aromatic nitrogens is 2. The number of aliphatic hydroxyl groups excluding tert-OH is 1. The van der Waals surface area contributed by atoms with Crippen molar-refractivity contribution in [3.8, 4) is 0 Å². The average Bonchev–Trinajstić information content (AvgIpc) is 2.51. The highest BCUT2D eigenvalue weighted by Crippen LogP contribution is 2.14. The van der Waals surface area contributed by atoms with Gasteiger partial charge < -0.3 is 9.84 Å². The van der Waals surface area contributed by atoms with Crippen LogP contribution in [0, 0.1) is 0 Å². The Labute approximate surface area is 136 Å². The van der Waals surface area contributed by atoms with Gasteiger partial charge in [-0.3, -0.25) is 14.3 Å². The van der Waals surface area contributed by atoms with Crippen LogP contribution in [0.2, 0.25) is 0 Å². The second-order valence-corrected chi connectivity index (χ2v) is 6.35. The van der Waals surface area contributed by atoms with Crippen molar-refractivity contribution >= 4 is 26.8 Å². The molecule has 0 unspecified atom stereocenters. The van der Waals surface area contributed by atoms with E-state index in [2.05, 4.69) is 25.8 Å². The zero-order valence-corrected chi connectivity index (χ0v) is 13.7. The third kappa shape index (κ3) is 3.55. The standard InChI is InChI=1S/C15H18BrN3O3/c16-11-1-2-14-13(7-11)15(21)19(10-17-14)9-12(20)8-18-3-5-22-6-4-18/h1-2,7,10,12,20H,3-6,8-9H2/t12-/m1/s1. The van der Waals surface area contributed by atoms with E-state index in [1.807, 2.05) is 6.07 Å². The summed E-state index contributed by atoms with van der Waals surface area (Å²) in [4.78, 5) is 18.9. The van der Waals surface area contributed by atoms with Crippen LogP contribution in [0.25, 0.3) is 10.9 Å². The van der Waals surface area contributed by atoms with Gasteiger partial charge in [0.05, 0.1) is 43.1 Å². The Hall–Kier alpha value is -1.28. The molecule has 0 spiro atoms. The molecule has 2 aromatic rings. The van der Waals surface area contributed by atoms with Gasteiger partial charge >= 0.3 is 0 Å². The van der Waals surface area contributed by atoms with Crippen LogP contribution in [0.15, 0.2) is 33.8 Å². The van der Waals surface area contributed by atoms with Crippen LogP contribution in [0.1, 0.15) is 0 Å². The van der Waals surface area contributed by atoms with Crippen LogP contribution in [-0.2, 0) is 11.3 Å². The number of morpholine rings is 1. The van der Waals surface area contributed by atoms with E-state index in [0.717, 1.165) is 17.6 Å². The lowest BCUT2D eigenvalue weighted by molar-refractivity contribution is 0.0113. The van der Waals surface area contributed by atoms with Crippen LogP contribution < -0.4 is 5.56 Å². The number of hydrogen-bond donors (Lipinski definition) is 1. The molecule has 0 amide bonds. The number of rotatable bonds is 4. The number of hydrogen-bond acceptors (Lipinski definition) is 5. The van der Waals surface area contributed by atoms with Gasteiger partial charge in [-0.2, -0.15) is 0 Å². The van der Waals surface area contributed by atoms with E-state index in [1.54, 1.807) is 12.1 Å². The lowest BCUT2D eigenvalue weighted by atomic mass is 10.2. The predicted octanol–water partition coefficient (Wildman–Crippen LogP) is 0.852. The first kappa shape index (κ1) is 15.6. The summed E-state index contributed by atoms with van der Waals surface area (Å²) in [5, 5.41) is 10.8. The minimum absolute atomic E-state index is 0.132. The summed E-state index contributed by atoms with van der Waals surface area (Å²) in [5.74, 6) is 0. The molecule has 118 valence electrons. The highest BCUT2D eigenvalue weighted by molar-refractivity contribution is 9.10. The topological polar surface area (TPSA) is 67.6 Å². The van der Waals surface area contributed by atoms with E-state index in [4.69, 9.17) is 4.74 Å². The van der Waals surface area contributed by atoms with Crippen LogP contribution >= 0.6 is 15.9 Å². The summed E-state index contributed by atoms with van der Waals surface area (Å²) in [6.45, 7) is 3.79. The quantitative estimate of drug-likeness (QED) is 0.867. The highest BCUT2D eigenvalue weighted by atomic mass is 79.9. The molecule has 1 atom stereocenters. The molecule has 0 radical (unpaired) electrons. The van der Waals surface area contributed by atoms with Gasteiger partial charge in [0.2, 0.25) is 0 Å². The van der Waals surface area contributed by atoms with Crippen molar-refractivity contribution in [3.63, 3.8) is 0 Å². The molecular weight excluding hydrogens is 350 g/mol. The SMILES string of the molecule is O=c1c2cc(Br)ccc2ncn1C[C@H](O)CN1CCOCC1. The Morgan fingerprint density at radius 2 is 2.09 bits per heavy atom. The summed E-state index contributed by atoms with van der Waals surface area (Å²) in [5.41, 5.74) is 0.527. The van der Waals surface area contributed by atoms with E-state index in [1.165, 1.54) is 10.9 Å². The van der Waals surface area contributed by atoms with Crippen LogP contribution in [0.4, 0.5) is 0 Å². The zero-order chi connectivity index (χ0) is 15.5. The molecule has 1 fully saturated rings. The molecule has 2 heterocycles. The molecule has 0 aliphatic carbocycles. The number of nitrogens with zero attached hydrogens (tertiary/aromatic N) is 3. The van der Waals surface area contributed by atoms with Crippen LogP contribution in [-0.4, -0.2) is 58.5 Å². The lowest BCUT2D eigenvalue weighted by Gasteiger charge is -2.28. The molecule has 1 aromatic heterocycles. The van der Waals surface area contributed by atoms with Gasteiger partial charge in [0.15, 0.2) is 0 Å². The maximum Gasteiger partial charge on any atom is 0.261 e. The van der Waals surface area contributed by atoms with Crippen LogP contribution in [0.3, 0.4) is 0 Å². The molecular formula is C15H18BrN3O3. The Balaban J connectivity index is 1.75. The van der Waals surface area contributed by atoms with Crippen molar-refractivity contribution in [2.75, 3.05) is 32.8 Å². The largest absolute Gasteiger partial charge is 0.390 e. The van der Waals surface area contributed by atoms with E-state index >= 15 is 0 Å². The fourth-order valence-corrected chi connectivity index (χ4v) is 2.99. The third-order valence-electron chi connectivity index (χ3n) is 3.77. The molecule has 3 rings (SSSR count). The minimum atomic E-state index is -0.609. The van der Waals surface area contributed by atoms with Gasteiger partial charge in [-0.25, -0.2) is 4.98 Å². The van der Waals surface area contributed by atoms with Gasteiger partial charge in [-0.1, -0.05) is 15.9 Å². The molecule has 22 heavy (non-hydrogen) atoms. The van der Waals surface area contributed by atoms with Gasteiger partial charge in [0.25, 0.3) is 5.56 Å². The number of β-amino-alcohol motifs (C(OH)–C–C–N with tert-alkyl or cyclic N) is 1. The first-order valence-electron chi connectivity index (χ1n) is 7.26. The minimum Gasteiger partial charge on any atom is -0.390 e. The lowest BCUT2D eigenvalue weighted by Crippen LogP contribution is -2.42. The molecule has 1 aliphatic rings.